The number of carbonyl (C=O) groups is 1. The maximum absolute atomic E-state index is 12.5. The lowest BCUT2D eigenvalue weighted by molar-refractivity contribution is 0.0605. The van der Waals surface area contributed by atoms with E-state index in [0.717, 1.165) is 21.4 Å². The first-order valence-electron chi connectivity index (χ1n) is 8.44. The lowest BCUT2D eigenvalue weighted by Crippen LogP contribution is -2.11. The normalized spacial score (nSPS) is 11.0. The molecule has 0 aliphatic carbocycles. The van der Waals surface area contributed by atoms with Crippen LogP contribution in [0.25, 0.3) is 10.2 Å². The number of thioether (sulfide) groups is 1. The predicted octanol–water partition coefficient (Wildman–Crippen LogP) is 3.97. The van der Waals surface area contributed by atoms with Crippen LogP contribution in [0.3, 0.4) is 0 Å². The Kier molecular flexibility index (Phi) is 5.60. The van der Waals surface area contributed by atoms with E-state index in [1.54, 1.807) is 6.92 Å². The molecule has 3 heterocycles. The molecular weight excluding hydrogens is 430 g/mol. The highest BCUT2D eigenvalue weighted by atomic mass is 32.2. The highest BCUT2D eigenvalue weighted by Crippen LogP contribution is 2.31. The Labute approximate surface area is 177 Å². The van der Waals surface area contributed by atoms with Crippen LogP contribution in [0.5, 0.6) is 0 Å². The molecule has 29 heavy (non-hydrogen) atoms. The minimum Gasteiger partial charge on any atom is -0.465 e. The molecule has 0 bridgehead atoms. The van der Waals surface area contributed by atoms with E-state index in [1.807, 2.05) is 30.3 Å². The Balaban J connectivity index is 1.50. The highest BCUT2D eigenvalue weighted by molar-refractivity contribution is 8.00. The molecule has 0 spiro atoms. The van der Waals surface area contributed by atoms with Gasteiger partial charge in [-0.2, -0.15) is 0 Å². The van der Waals surface area contributed by atoms with Crippen molar-refractivity contribution in [2.24, 2.45) is 0 Å². The summed E-state index contributed by atoms with van der Waals surface area (Å²) in [7, 11) is 1.31. The number of aromatic amines is 1. The van der Waals surface area contributed by atoms with Gasteiger partial charge in [0.25, 0.3) is 5.56 Å². The van der Waals surface area contributed by atoms with Gasteiger partial charge < -0.3 is 15.0 Å². The number of carbonyl (C=O) groups excluding carboxylic acids is 1. The van der Waals surface area contributed by atoms with Gasteiger partial charge in [0.1, 0.15) is 15.5 Å². The van der Waals surface area contributed by atoms with Crippen LogP contribution in [0.4, 0.5) is 10.8 Å². The fraction of sp³-hybridized carbons (Fsp3) is 0.167. The van der Waals surface area contributed by atoms with E-state index < -0.39 is 5.97 Å². The smallest absolute Gasteiger partial charge is 0.348 e. The predicted molar refractivity (Wildman–Crippen MR) is 116 cm³/mol. The molecular formula is C18H15N5O3S3. The summed E-state index contributed by atoms with van der Waals surface area (Å²) >= 11 is 4.01. The third kappa shape index (κ3) is 4.16. The zero-order valence-corrected chi connectivity index (χ0v) is 17.8. The summed E-state index contributed by atoms with van der Waals surface area (Å²) in [6.07, 6.45) is 0. The van der Waals surface area contributed by atoms with Crippen molar-refractivity contribution in [3.8, 4) is 0 Å². The largest absolute Gasteiger partial charge is 0.465 e. The van der Waals surface area contributed by atoms with E-state index in [0.29, 0.717) is 37.4 Å². The van der Waals surface area contributed by atoms with Gasteiger partial charge in [-0.1, -0.05) is 41.3 Å². The lowest BCUT2D eigenvalue weighted by Gasteiger charge is -2.00. The molecule has 3 aromatic heterocycles. The summed E-state index contributed by atoms with van der Waals surface area (Å²) in [4.78, 5) is 32.5. The van der Waals surface area contributed by atoms with E-state index in [-0.39, 0.29) is 5.56 Å². The van der Waals surface area contributed by atoms with Gasteiger partial charge in [0, 0.05) is 5.69 Å². The Morgan fingerprint density at radius 2 is 2.03 bits per heavy atom. The molecule has 0 saturated heterocycles. The van der Waals surface area contributed by atoms with Gasteiger partial charge in [-0.3, -0.25) is 4.79 Å². The van der Waals surface area contributed by atoms with Gasteiger partial charge in [0.2, 0.25) is 5.13 Å². The number of rotatable bonds is 6. The van der Waals surface area contributed by atoms with Crippen LogP contribution < -0.4 is 10.9 Å². The Bertz CT molecular complexity index is 1230. The van der Waals surface area contributed by atoms with Crippen LogP contribution in [-0.2, 0) is 10.5 Å². The Hall–Kier alpha value is -2.76. The third-order valence-corrected chi connectivity index (χ3v) is 7.13. The number of fused-ring (bicyclic) bond motifs is 1. The number of anilines is 2. The van der Waals surface area contributed by atoms with Crippen molar-refractivity contribution in [3.63, 3.8) is 0 Å². The molecule has 0 fully saturated rings. The summed E-state index contributed by atoms with van der Waals surface area (Å²) in [5.41, 5.74) is 1.26. The number of aromatic nitrogens is 4. The fourth-order valence-corrected chi connectivity index (χ4v) is 5.40. The second-order valence-corrected chi connectivity index (χ2v) is 9.09. The van der Waals surface area contributed by atoms with Crippen LogP contribution in [0.15, 0.2) is 39.5 Å². The minimum atomic E-state index is -0.465. The number of esters is 1. The zero-order valence-electron chi connectivity index (χ0n) is 15.4. The number of thiophene rings is 1. The van der Waals surface area contributed by atoms with Gasteiger partial charge in [0.05, 0.1) is 18.2 Å². The summed E-state index contributed by atoms with van der Waals surface area (Å²) < 4.78 is 5.53. The van der Waals surface area contributed by atoms with Crippen LogP contribution in [-0.4, -0.2) is 33.2 Å². The first-order chi connectivity index (χ1) is 14.0. The average Bonchev–Trinajstić information content (AvgIpc) is 3.31. The molecule has 0 saturated carbocycles. The van der Waals surface area contributed by atoms with Crippen molar-refractivity contribution in [3.05, 3.63) is 57.0 Å². The number of benzene rings is 1. The number of H-pyrrole nitrogens is 1. The number of aryl methyl sites for hydroxylation is 1. The second kappa shape index (κ2) is 8.31. The maximum atomic E-state index is 12.5. The number of nitrogens with one attached hydrogen (secondary N) is 2. The van der Waals surface area contributed by atoms with Crippen LogP contribution in [0.1, 0.15) is 21.1 Å². The van der Waals surface area contributed by atoms with Crippen molar-refractivity contribution in [1.82, 2.24) is 20.2 Å². The number of methoxy groups -OCH3 is 1. The number of hydrogen-bond acceptors (Lipinski definition) is 10. The van der Waals surface area contributed by atoms with Gasteiger partial charge >= 0.3 is 5.97 Å². The fourth-order valence-electron chi connectivity index (χ4n) is 2.64. The Morgan fingerprint density at radius 1 is 1.24 bits per heavy atom. The van der Waals surface area contributed by atoms with Gasteiger partial charge in [-0.05, 0) is 24.6 Å². The van der Waals surface area contributed by atoms with Gasteiger partial charge in [-0.15, -0.1) is 21.5 Å². The first-order valence-corrected chi connectivity index (χ1v) is 11.1. The van der Waals surface area contributed by atoms with Crippen molar-refractivity contribution in [1.29, 1.82) is 0 Å². The van der Waals surface area contributed by atoms with E-state index in [1.165, 1.54) is 30.2 Å². The molecule has 0 aliphatic rings. The third-order valence-electron chi connectivity index (χ3n) is 3.98. The molecule has 4 rings (SSSR count). The highest BCUT2D eigenvalue weighted by Gasteiger charge is 2.19. The van der Waals surface area contributed by atoms with Crippen molar-refractivity contribution in [2.45, 2.75) is 17.0 Å². The summed E-state index contributed by atoms with van der Waals surface area (Å²) in [5, 5.41) is 12.6. The van der Waals surface area contributed by atoms with Crippen LogP contribution in [0.2, 0.25) is 0 Å². The lowest BCUT2D eigenvalue weighted by atomic mass is 10.2. The second-order valence-electron chi connectivity index (χ2n) is 5.89. The Morgan fingerprint density at radius 3 is 2.79 bits per heavy atom. The molecule has 4 aromatic rings. The molecule has 148 valence electrons. The van der Waals surface area contributed by atoms with Crippen molar-refractivity contribution < 1.29 is 9.53 Å². The van der Waals surface area contributed by atoms with Crippen molar-refractivity contribution in [2.75, 3.05) is 12.4 Å². The molecule has 0 unspecified atom stereocenters. The van der Waals surface area contributed by atoms with Crippen LogP contribution in [0, 0.1) is 6.92 Å². The summed E-state index contributed by atoms with van der Waals surface area (Å²) in [6, 6.07) is 9.72. The molecule has 8 nitrogen and oxygen atoms in total. The minimum absolute atomic E-state index is 0.266. The van der Waals surface area contributed by atoms with E-state index in [2.05, 4.69) is 25.5 Å². The van der Waals surface area contributed by atoms with Gasteiger partial charge in [-0.25, -0.2) is 9.78 Å². The monoisotopic (exact) mass is 445 g/mol. The number of nitrogens with zero attached hydrogens (tertiary/aromatic N) is 3. The van der Waals surface area contributed by atoms with E-state index in [9.17, 15) is 9.59 Å². The molecule has 0 radical (unpaired) electrons. The zero-order chi connectivity index (χ0) is 20.4. The number of para-hydroxylation sites is 1. The molecule has 1 aromatic carbocycles. The summed E-state index contributed by atoms with van der Waals surface area (Å²) in [5.74, 6) is 0.474. The number of ether oxygens (including phenoxy) is 1. The van der Waals surface area contributed by atoms with E-state index in [4.69, 9.17) is 4.74 Å². The maximum Gasteiger partial charge on any atom is 0.348 e. The van der Waals surface area contributed by atoms with Crippen LogP contribution >= 0.6 is 34.4 Å². The summed E-state index contributed by atoms with van der Waals surface area (Å²) in [6.45, 7) is 1.72. The average molecular weight is 446 g/mol. The quantitative estimate of drug-likeness (QED) is 0.339. The topological polar surface area (TPSA) is 110 Å². The molecule has 0 amide bonds. The van der Waals surface area contributed by atoms with Crippen molar-refractivity contribution >= 4 is 61.4 Å². The molecule has 0 atom stereocenters. The molecule has 0 aliphatic heterocycles. The first kappa shape index (κ1) is 19.6. The number of hydrogen-bond donors (Lipinski definition) is 2. The van der Waals surface area contributed by atoms with Gasteiger partial charge in [0.15, 0.2) is 4.34 Å². The standard InChI is InChI=1S/C18H15N5O3S3/c1-9-12-14(24)20-11(21-15(12)28-13(9)16(25)26-2)8-27-18-23-22-17(29-18)19-10-6-4-3-5-7-10/h3-7H,8H2,1-2H3,(H,19,22)(H,20,21,24). The SMILES string of the molecule is COC(=O)c1sc2nc(CSc3nnc(Nc4ccccc4)s3)[nH]c(=O)c2c1C. The molecule has 11 heteroatoms. The van der Waals surface area contributed by atoms with E-state index >= 15 is 0 Å². The molecule has 2 N–H and O–H groups in total.